The number of hydrogen-bond donors (Lipinski definition) is 1. The Kier molecular flexibility index (Phi) is 7.96. The van der Waals surface area contributed by atoms with Gasteiger partial charge in [0, 0.05) is 13.2 Å². The maximum Gasteiger partial charge on any atom is 0.298 e. The lowest BCUT2D eigenvalue weighted by Crippen LogP contribution is -2.00. The fraction of sp³-hybridized carbons (Fsp3) is 0.381. The molecule has 2 rings (SSSR count). The summed E-state index contributed by atoms with van der Waals surface area (Å²) in [6.45, 7) is 3.70. The van der Waals surface area contributed by atoms with Crippen LogP contribution in [0.15, 0.2) is 36.4 Å². The van der Waals surface area contributed by atoms with Crippen LogP contribution >= 0.6 is 0 Å². The predicted octanol–water partition coefficient (Wildman–Crippen LogP) is 3.69. The van der Waals surface area contributed by atoms with Gasteiger partial charge in [-0.25, -0.2) is 0 Å². The first-order valence-corrected chi connectivity index (χ1v) is 8.82. The minimum Gasteiger partial charge on any atom is -0.508 e. The third-order valence-corrected chi connectivity index (χ3v) is 3.93. The van der Waals surface area contributed by atoms with Crippen molar-refractivity contribution in [3.05, 3.63) is 53.1 Å². The molecule has 0 fully saturated rings. The van der Waals surface area contributed by atoms with Gasteiger partial charge in [0.2, 0.25) is 0 Å². The number of carbonyl (C=O) groups is 1. The molecule has 0 saturated carbocycles. The van der Waals surface area contributed by atoms with Crippen LogP contribution in [0.2, 0.25) is 0 Å². The van der Waals surface area contributed by atoms with Gasteiger partial charge in [-0.05, 0) is 66.6 Å². The van der Waals surface area contributed by atoms with Crippen molar-refractivity contribution in [2.45, 2.75) is 32.6 Å². The van der Waals surface area contributed by atoms with Crippen molar-refractivity contribution in [3.8, 4) is 17.2 Å². The van der Waals surface area contributed by atoms with Crippen molar-refractivity contribution in [2.75, 3.05) is 20.3 Å². The summed E-state index contributed by atoms with van der Waals surface area (Å²) in [6, 6.07) is 11.1. The first-order valence-electron chi connectivity index (χ1n) is 8.82. The van der Waals surface area contributed by atoms with E-state index < -0.39 is 0 Å². The molecule has 26 heavy (non-hydrogen) atoms. The van der Waals surface area contributed by atoms with Crippen molar-refractivity contribution >= 4 is 6.47 Å². The van der Waals surface area contributed by atoms with Crippen molar-refractivity contribution in [1.82, 2.24) is 0 Å². The smallest absolute Gasteiger partial charge is 0.298 e. The molecular weight excluding hydrogens is 332 g/mol. The SMILES string of the molecule is CCCOc1cc(O)cc(CCc2cc(CCOC)cc(OC=O)c2)c1. The van der Waals surface area contributed by atoms with E-state index in [0.29, 0.717) is 31.2 Å². The van der Waals surface area contributed by atoms with Gasteiger partial charge in [-0.15, -0.1) is 0 Å². The lowest BCUT2D eigenvalue weighted by atomic mass is 10.0. The molecule has 0 atom stereocenters. The van der Waals surface area contributed by atoms with Crippen LogP contribution in [-0.4, -0.2) is 31.9 Å². The second-order valence-electron chi connectivity index (χ2n) is 6.13. The second kappa shape index (κ2) is 10.5. The van der Waals surface area contributed by atoms with Gasteiger partial charge in [0.25, 0.3) is 6.47 Å². The van der Waals surface area contributed by atoms with E-state index in [1.54, 1.807) is 19.2 Å². The zero-order valence-electron chi connectivity index (χ0n) is 15.4. The van der Waals surface area contributed by atoms with Crippen LogP contribution in [0.3, 0.4) is 0 Å². The Morgan fingerprint density at radius 2 is 1.54 bits per heavy atom. The summed E-state index contributed by atoms with van der Waals surface area (Å²) in [5.74, 6) is 1.42. The average Bonchev–Trinajstić information content (AvgIpc) is 2.63. The van der Waals surface area contributed by atoms with Crippen LogP contribution < -0.4 is 9.47 Å². The zero-order valence-corrected chi connectivity index (χ0v) is 15.4. The van der Waals surface area contributed by atoms with Crippen molar-refractivity contribution in [2.24, 2.45) is 0 Å². The molecule has 0 aliphatic rings. The highest BCUT2D eigenvalue weighted by molar-refractivity contribution is 5.47. The molecule has 5 nitrogen and oxygen atoms in total. The molecule has 0 spiro atoms. The van der Waals surface area contributed by atoms with Crippen LogP contribution in [0.25, 0.3) is 0 Å². The first-order chi connectivity index (χ1) is 12.6. The monoisotopic (exact) mass is 358 g/mol. The molecular formula is C21H26O5. The standard InChI is InChI=1S/C21H26O5/c1-3-7-25-21-12-17(10-19(23)14-21)5-4-16-9-18(6-8-24-2)13-20(11-16)26-15-22/h9-15,23H,3-8H2,1-2H3. The van der Waals surface area contributed by atoms with Gasteiger partial charge in [-0.1, -0.05) is 13.0 Å². The van der Waals surface area contributed by atoms with E-state index >= 15 is 0 Å². The second-order valence-corrected chi connectivity index (χ2v) is 6.13. The summed E-state index contributed by atoms with van der Waals surface area (Å²) < 4.78 is 15.8. The summed E-state index contributed by atoms with van der Waals surface area (Å²) in [6.07, 6.45) is 3.16. The number of phenolic OH excluding ortho intramolecular Hbond substituents is 1. The molecule has 0 unspecified atom stereocenters. The van der Waals surface area contributed by atoms with Crippen LogP contribution in [0.4, 0.5) is 0 Å². The van der Waals surface area contributed by atoms with Crippen molar-refractivity contribution in [3.63, 3.8) is 0 Å². The van der Waals surface area contributed by atoms with Gasteiger partial charge in [0.15, 0.2) is 0 Å². The minimum absolute atomic E-state index is 0.201. The van der Waals surface area contributed by atoms with Gasteiger partial charge < -0.3 is 19.3 Å². The molecule has 0 aliphatic heterocycles. The molecule has 1 N–H and O–H groups in total. The number of ether oxygens (including phenoxy) is 3. The summed E-state index contributed by atoms with van der Waals surface area (Å²) in [5.41, 5.74) is 3.12. The maximum atomic E-state index is 10.7. The largest absolute Gasteiger partial charge is 0.508 e. The Morgan fingerprint density at radius 1 is 0.885 bits per heavy atom. The van der Waals surface area contributed by atoms with E-state index in [9.17, 15) is 9.90 Å². The summed E-state index contributed by atoms with van der Waals surface area (Å²) in [7, 11) is 1.66. The van der Waals surface area contributed by atoms with Crippen molar-refractivity contribution in [1.29, 1.82) is 0 Å². The summed E-state index contributed by atoms with van der Waals surface area (Å²) in [5, 5.41) is 9.89. The van der Waals surface area contributed by atoms with E-state index in [4.69, 9.17) is 14.2 Å². The Bertz CT molecular complexity index is 712. The molecule has 0 bridgehead atoms. The van der Waals surface area contributed by atoms with Crippen LogP contribution in [0.5, 0.6) is 17.2 Å². The fourth-order valence-corrected chi connectivity index (χ4v) is 2.74. The van der Waals surface area contributed by atoms with Gasteiger partial charge in [0.05, 0.1) is 13.2 Å². The zero-order chi connectivity index (χ0) is 18.8. The molecule has 2 aromatic carbocycles. The fourth-order valence-electron chi connectivity index (χ4n) is 2.74. The molecule has 0 radical (unpaired) electrons. The topological polar surface area (TPSA) is 65.0 Å². The molecule has 0 aromatic heterocycles. The van der Waals surface area contributed by atoms with Crippen LogP contribution in [-0.2, 0) is 28.8 Å². The van der Waals surface area contributed by atoms with Crippen LogP contribution in [0.1, 0.15) is 30.0 Å². The van der Waals surface area contributed by atoms with Crippen LogP contribution in [0, 0.1) is 0 Å². The summed E-state index contributed by atoms with van der Waals surface area (Å²) in [4.78, 5) is 10.7. The van der Waals surface area contributed by atoms with E-state index in [1.807, 2.05) is 25.1 Å². The Morgan fingerprint density at radius 3 is 2.19 bits per heavy atom. The quantitative estimate of drug-likeness (QED) is 0.621. The number of benzene rings is 2. The molecule has 0 saturated heterocycles. The minimum atomic E-state index is 0.201. The van der Waals surface area contributed by atoms with E-state index in [2.05, 4.69) is 6.07 Å². The molecule has 140 valence electrons. The Balaban J connectivity index is 2.11. The van der Waals surface area contributed by atoms with Gasteiger partial charge in [-0.3, -0.25) is 4.79 Å². The van der Waals surface area contributed by atoms with E-state index in [1.165, 1.54) is 0 Å². The third-order valence-electron chi connectivity index (χ3n) is 3.93. The van der Waals surface area contributed by atoms with Gasteiger partial charge >= 0.3 is 0 Å². The molecule has 0 heterocycles. The highest BCUT2D eigenvalue weighted by Gasteiger charge is 2.06. The number of phenols is 1. The first kappa shape index (κ1) is 19.8. The predicted molar refractivity (Wildman–Crippen MR) is 100 cm³/mol. The molecule has 0 aliphatic carbocycles. The highest BCUT2D eigenvalue weighted by Crippen LogP contribution is 2.24. The molecule has 0 amide bonds. The third kappa shape index (κ3) is 6.41. The Labute approximate surface area is 154 Å². The number of rotatable bonds is 11. The number of aromatic hydroxyl groups is 1. The molecule has 5 heteroatoms. The number of carbonyl (C=O) groups excluding carboxylic acids is 1. The Hall–Kier alpha value is -2.53. The normalized spacial score (nSPS) is 10.5. The maximum absolute atomic E-state index is 10.7. The summed E-state index contributed by atoms with van der Waals surface area (Å²) >= 11 is 0. The number of methoxy groups -OCH3 is 1. The van der Waals surface area contributed by atoms with Crippen molar-refractivity contribution < 1.29 is 24.1 Å². The molecule has 2 aromatic rings. The van der Waals surface area contributed by atoms with E-state index in [0.717, 1.165) is 42.4 Å². The average molecular weight is 358 g/mol. The number of aryl methyl sites for hydroxylation is 2. The number of hydrogen-bond acceptors (Lipinski definition) is 5. The highest BCUT2D eigenvalue weighted by atomic mass is 16.5. The van der Waals surface area contributed by atoms with Gasteiger partial charge in [0.1, 0.15) is 17.2 Å². The van der Waals surface area contributed by atoms with E-state index in [-0.39, 0.29) is 5.75 Å². The lowest BCUT2D eigenvalue weighted by molar-refractivity contribution is -0.120. The van der Waals surface area contributed by atoms with Gasteiger partial charge in [-0.2, -0.15) is 0 Å². The lowest BCUT2D eigenvalue weighted by Gasteiger charge is -2.10.